The van der Waals surface area contributed by atoms with Gasteiger partial charge in [0.2, 0.25) is 0 Å². The number of morpholine rings is 1. The van der Waals surface area contributed by atoms with Gasteiger partial charge >= 0.3 is 0 Å². The van der Waals surface area contributed by atoms with E-state index >= 15 is 0 Å². The van der Waals surface area contributed by atoms with Crippen LogP contribution in [0.15, 0.2) is 41.2 Å². The zero-order valence-electron chi connectivity index (χ0n) is 27.8. The predicted molar refractivity (Wildman–Crippen MR) is 183 cm³/mol. The second-order valence-corrected chi connectivity index (χ2v) is 13.0. The van der Waals surface area contributed by atoms with Crippen molar-refractivity contribution in [3.8, 4) is 11.1 Å². The summed E-state index contributed by atoms with van der Waals surface area (Å²) in [6.07, 6.45) is 3.04. The van der Waals surface area contributed by atoms with Crippen molar-refractivity contribution in [2.75, 3.05) is 57.5 Å². The van der Waals surface area contributed by atoms with Gasteiger partial charge in [0.05, 0.1) is 13.2 Å². The van der Waals surface area contributed by atoms with Crippen LogP contribution >= 0.6 is 0 Å². The fraction of sp³-hybridized carbons (Fsp3) is 0.514. The van der Waals surface area contributed by atoms with Gasteiger partial charge in [-0.25, -0.2) is 0 Å². The van der Waals surface area contributed by atoms with Gasteiger partial charge in [-0.3, -0.25) is 14.5 Å². The normalized spacial score (nSPS) is 19.1. The monoisotopic (exact) mass is 627 g/mol. The summed E-state index contributed by atoms with van der Waals surface area (Å²) >= 11 is 0. The highest BCUT2D eigenvalue weighted by atomic mass is 16.5. The minimum atomic E-state index is -0.173. The topological polar surface area (TPSA) is 98.9 Å². The minimum absolute atomic E-state index is 0.157. The smallest absolute Gasteiger partial charge is 0.253 e. The Morgan fingerprint density at radius 3 is 2.39 bits per heavy atom. The Balaban J connectivity index is 1.38. The zero-order valence-corrected chi connectivity index (χ0v) is 27.8. The van der Waals surface area contributed by atoms with Gasteiger partial charge in [-0.2, -0.15) is 0 Å². The van der Waals surface area contributed by atoms with Crippen LogP contribution in [0.3, 0.4) is 0 Å². The van der Waals surface area contributed by atoms with Crippen LogP contribution in [0.25, 0.3) is 11.1 Å². The molecule has 0 bridgehead atoms. The number of nitrogens with zero attached hydrogens (tertiary/aromatic N) is 2. The fourth-order valence-corrected chi connectivity index (χ4v) is 7.18. The van der Waals surface area contributed by atoms with Gasteiger partial charge in [-0.05, 0) is 111 Å². The molecule has 0 aliphatic carbocycles. The molecule has 3 fully saturated rings. The number of pyridine rings is 1. The van der Waals surface area contributed by atoms with E-state index in [4.69, 9.17) is 9.47 Å². The van der Waals surface area contributed by atoms with E-state index < -0.39 is 0 Å². The molecule has 3 saturated heterocycles. The van der Waals surface area contributed by atoms with E-state index in [1.807, 2.05) is 26.0 Å². The molecule has 6 rings (SSSR count). The maximum atomic E-state index is 14.0. The molecule has 2 aromatic carbocycles. The second kappa shape index (κ2) is 14.5. The van der Waals surface area contributed by atoms with Crippen molar-refractivity contribution < 1.29 is 14.3 Å². The Morgan fingerprint density at radius 1 is 0.978 bits per heavy atom. The Bertz CT molecular complexity index is 1600. The fourth-order valence-electron chi connectivity index (χ4n) is 7.18. The van der Waals surface area contributed by atoms with Crippen LogP contribution in [0.2, 0.25) is 0 Å². The highest BCUT2D eigenvalue weighted by Gasteiger charge is 2.27. The molecule has 3 aliphatic rings. The van der Waals surface area contributed by atoms with Crippen molar-refractivity contribution >= 4 is 11.6 Å². The first-order valence-corrected chi connectivity index (χ1v) is 17.0. The summed E-state index contributed by atoms with van der Waals surface area (Å²) in [6, 6.07) is 13.8. The Kier molecular flexibility index (Phi) is 10.2. The number of aromatic nitrogens is 1. The van der Waals surface area contributed by atoms with Crippen LogP contribution in [-0.4, -0.2) is 74.4 Å². The van der Waals surface area contributed by atoms with Crippen LogP contribution in [0.4, 0.5) is 5.69 Å². The minimum Gasteiger partial charge on any atom is -0.381 e. The van der Waals surface area contributed by atoms with Gasteiger partial charge in [0.25, 0.3) is 11.5 Å². The average molecular weight is 628 g/mol. The molecular weight excluding hydrogens is 578 g/mol. The van der Waals surface area contributed by atoms with Crippen LogP contribution in [0.5, 0.6) is 0 Å². The van der Waals surface area contributed by atoms with E-state index in [0.717, 1.165) is 112 Å². The largest absolute Gasteiger partial charge is 0.381 e. The number of rotatable bonds is 10. The summed E-state index contributed by atoms with van der Waals surface area (Å²) in [4.78, 5) is 34.5. The molecule has 9 heteroatoms. The molecule has 4 heterocycles. The number of hydrogen-bond donors (Lipinski definition) is 3. The number of nitrogens with one attached hydrogen (secondary N) is 3. The number of ether oxygens (including phenoxy) is 2. The second-order valence-electron chi connectivity index (χ2n) is 13.0. The van der Waals surface area contributed by atoms with Crippen molar-refractivity contribution in [3.63, 3.8) is 0 Å². The lowest BCUT2D eigenvalue weighted by molar-refractivity contribution is 0.0339. The first-order valence-electron chi connectivity index (χ1n) is 17.0. The third kappa shape index (κ3) is 7.08. The lowest BCUT2D eigenvalue weighted by Gasteiger charge is -2.37. The number of H-pyrrole nitrogens is 1. The number of anilines is 1. The van der Waals surface area contributed by atoms with E-state index in [2.05, 4.69) is 63.5 Å². The summed E-state index contributed by atoms with van der Waals surface area (Å²) in [6.45, 7) is 15.9. The van der Waals surface area contributed by atoms with E-state index in [0.29, 0.717) is 23.2 Å². The van der Waals surface area contributed by atoms with Crippen LogP contribution in [-0.2, 0) is 22.6 Å². The third-order valence-corrected chi connectivity index (χ3v) is 10.0. The molecule has 1 atom stereocenters. The number of carbonyl (C=O) groups is 1. The lowest BCUT2D eigenvalue weighted by Crippen LogP contribution is -2.40. The van der Waals surface area contributed by atoms with E-state index in [-0.39, 0.29) is 18.0 Å². The van der Waals surface area contributed by atoms with Gasteiger partial charge in [-0.1, -0.05) is 12.1 Å². The van der Waals surface area contributed by atoms with Crippen molar-refractivity contribution in [2.24, 2.45) is 0 Å². The molecule has 0 saturated carbocycles. The highest BCUT2D eigenvalue weighted by molar-refractivity contribution is 5.99. The lowest BCUT2D eigenvalue weighted by atomic mass is 9.88. The molecule has 246 valence electrons. The Hall–Kier alpha value is -3.50. The highest BCUT2D eigenvalue weighted by Crippen LogP contribution is 2.36. The van der Waals surface area contributed by atoms with Crippen LogP contribution < -0.4 is 21.1 Å². The van der Waals surface area contributed by atoms with Gasteiger partial charge in [0.15, 0.2) is 0 Å². The number of hydrogen-bond acceptors (Lipinski definition) is 7. The average Bonchev–Trinajstić information content (AvgIpc) is 3.02. The molecule has 0 radical (unpaired) electrons. The first-order chi connectivity index (χ1) is 22.3. The van der Waals surface area contributed by atoms with Gasteiger partial charge in [-0.15, -0.1) is 0 Å². The molecular formula is C37H49N5O4. The predicted octanol–water partition coefficient (Wildman–Crippen LogP) is 4.77. The molecule has 46 heavy (non-hydrogen) atoms. The van der Waals surface area contributed by atoms with Crippen molar-refractivity contribution in [2.45, 2.75) is 72.1 Å². The standard InChI is InChI=1S/C37H49N5O4/c1-5-42(30-9-14-45-15-10-30)35-21-29(20-31(26(35)4)36(43)39-22-33-24(2)18-25(3)40-37(33)44)27-6-7-28(23-41-12-16-46-17-13-41)32(19-27)34-8-11-38-34/h6-7,18-21,30,34,38H,5,8-17,22-23H2,1-4H3,(H,39,43)(H,40,44). The maximum Gasteiger partial charge on any atom is 0.253 e. The number of aromatic amines is 1. The molecule has 3 aromatic rings. The van der Waals surface area contributed by atoms with E-state index in [9.17, 15) is 9.59 Å². The van der Waals surface area contributed by atoms with Crippen molar-refractivity contribution in [3.05, 3.63) is 85.8 Å². The molecule has 1 aromatic heterocycles. The molecule has 1 amide bonds. The van der Waals surface area contributed by atoms with Crippen molar-refractivity contribution in [1.82, 2.24) is 20.5 Å². The maximum absolute atomic E-state index is 14.0. The molecule has 3 aliphatic heterocycles. The Morgan fingerprint density at radius 2 is 1.72 bits per heavy atom. The van der Waals surface area contributed by atoms with Crippen LogP contribution in [0.1, 0.15) is 76.1 Å². The number of aryl methyl sites for hydroxylation is 2. The summed E-state index contributed by atoms with van der Waals surface area (Å²) in [5.74, 6) is -0.173. The van der Waals surface area contributed by atoms with Gasteiger partial charge in [0.1, 0.15) is 0 Å². The first kappa shape index (κ1) is 32.4. The number of benzene rings is 2. The molecule has 1 unspecified atom stereocenters. The van der Waals surface area contributed by atoms with Crippen LogP contribution in [0, 0.1) is 20.8 Å². The number of amides is 1. The quantitative estimate of drug-likeness (QED) is 0.298. The molecule has 0 spiro atoms. The third-order valence-electron chi connectivity index (χ3n) is 10.0. The zero-order chi connectivity index (χ0) is 32.2. The summed E-state index contributed by atoms with van der Waals surface area (Å²) in [5.41, 5.74) is 9.62. The summed E-state index contributed by atoms with van der Waals surface area (Å²) < 4.78 is 11.3. The molecule has 3 N–H and O–H groups in total. The summed E-state index contributed by atoms with van der Waals surface area (Å²) in [5, 5.41) is 6.71. The summed E-state index contributed by atoms with van der Waals surface area (Å²) in [7, 11) is 0. The number of carbonyl (C=O) groups excluding carboxylic acids is 1. The SMILES string of the molecule is CCN(c1cc(-c2ccc(CN3CCOCC3)c(C3CCN3)c2)cc(C(=O)NCc2c(C)cc(C)[nH]c2=O)c1C)C1CCOCC1. The Labute approximate surface area is 272 Å². The van der Waals surface area contributed by atoms with Gasteiger partial charge < -0.3 is 30.0 Å². The molecule has 9 nitrogen and oxygen atoms in total. The van der Waals surface area contributed by atoms with Crippen molar-refractivity contribution in [1.29, 1.82) is 0 Å². The van der Waals surface area contributed by atoms with E-state index in [1.165, 1.54) is 11.1 Å². The van der Waals surface area contributed by atoms with Gasteiger partial charge in [0, 0.05) is 80.5 Å². The van der Waals surface area contributed by atoms with E-state index in [1.54, 1.807) is 0 Å².